The van der Waals surface area contributed by atoms with E-state index >= 15 is 0 Å². The van der Waals surface area contributed by atoms with Crippen molar-refractivity contribution in [1.29, 1.82) is 0 Å². The maximum atomic E-state index is 14.9. The van der Waals surface area contributed by atoms with Crippen molar-refractivity contribution >= 4 is 11.9 Å². The van der Waals surface area contributed by atoms with Crippen LogP contribution in [0.3, 0.4) is 0 Å². The van der Waals surface area contributed by atoms with Crippen LogP contribution < -0.4 is 0 Å². The molecule has 5 atom stereocenters. The molecular formula is C35H60O7. The lowest BCUT2D eigenvalue weighted by Crippen LogP contribution is -2.67. The molecule has 42 heavy (non-hydrogen) atoms. The van der Waals surface area contributed by atoms with E-state index in [0.717, 1.165) is 32.1 Å². The Morgan fingerprint density at radius 1 is 0.762 bits per heavy atom. The zero-order valence-corrected chi connectivity index (χ0v) is 28.7. The molecule has 5 fully saturated rings. The fourth-order valence-corrected chi connectivity index (χ4v) is 9.67. The summed E-state index contributed by atoms with van der Waals surface area (Å²) in [6, 6.07) is 0. The zero-order chi connectivity index (χ0) is 31.8. The standard InChI is InChI=1S/C35H60O7/c1-28(2,3)32(11,26(37)40-21-25-20-39-25)30(7,8)31(9,10)33(12,29(4,5)6)27(38)42-35-18-23-15-24(19-35)17-34(16-23,22-35)41-14-13-36/h23-25,36H,13-22H2,1-12H3. The summed E-state index contributed by atoms with van der Waals surface area (Å²) < 4.78 is 24.4. The van der Waals surface area contributed by atoms with E-state index in [1.54, 1.807) is 0 Å². The van der Waals surface area contributed by atoms with Gasteiger partial charge in [-0.25, -0.2) is 0 Å². The van der Waals surface area contributed by atoms with Gasteiger partial charge in [-0.05, 0) is 79.4 Å². The van der Waals surface area contributed by atoms with Gasteiger partial charge in [0.15, 0.2) is 0 Å². The summed E-state index contributed by atoms with van der Waals surface area (Å²) >= 11 is 0. The summed E-state index contributed by atoms with van der Waals surface area (Å²) in [7, 11) is 0. The van der Waals surface area contributed by atoms with E-state index in [9.17, 15) is 14.7 Å². The molecule has 0 amide bonds. The summed E-state index contributed by atoms with van der Waals surface area (Å²) in [4.78, 5) is 29.0. The monoisotopic (exact) mass is 592 g/mol. The number of carbonyl (C=O) groups is 2. The van der Waals surface area contributed by atoms with E-state index in [0.29, 0.717) is 31.5 Å². The van der Waals surface area contributed by atoms with E-state index in [2.05, 4.69) is 76.2 Å². The van der Waals surface area contributed by atoms with Crippen LogP contribution in [0.1, 0.15) is 122 Å². The zero-order valence-electron chi connectivity index (χ0n) is 28.7. The van der Waals surface area contributed by atoms with Gasteiger partial charge in [-0.15, -0.1) is 0 Å². The SMILES string of the molecule is CC(C)(C)C(C)(C(=O)OCC1CO1)C(C)(C)C(C)(C)C(C)(C(=O)OC12CC3CC(CC(OCCO)(C3)C1)C2)C(C)(C)C. The molecule has 1 heterocycles. The first-order chi connectivity index (χ1) is 19.0. The molecule has 0 aromatic rings. The lowest BCUT2D eigenvalue weighted by molar-refractivity contribution is -0.255. The van der Waals surface area contributed by atoms with E-state index in [4.69, 9.17) is 18.9 Å². The van der Waals surface area contributed by atoms with Crippen LogP contribution in [0.4, 0.5) is 0 Å². The van der Waals surface area contributed by atoms with Gasteiger partial charge in [0.25, 0.3) is 0 Å². The van der Waals surface area contributed by atoms with Crippen molar-refractivity contribution in [2.45, 2.75) is 139 Å². The first-order valence-corrected chi connectivity index (χ1v) is 16.3. The quantitative estimate of drug-likeness (QED) is 0.210. The summed E-state index contributed by atoms with van der Waals surface area (Å²) in [5.41, 5.74) is -5.13. The molecule has 0 aromatic heterocycles. The number of carbonyl (C=O) groups excluding carboxylic acids is 2. The van der Waals surface area contributed by atoms with Crippen LogP contribution in [0, 0.1) is 44.3 Å². The van der Waals surface area contributed by atoms with Crippen molar-refractivity contribution in [3.8, 4) is 0 Å². The molecule has 7 heteroatoms. The molecule has 4 bridgehead atoms. The van der Waals surface area contributed by atoms with Gasteiger partial charge in [0, 0.05) is 6.42 Å². The minimum atomic E-state index is -0.960. The number of hydrogen-bond acceptors (Lipinski definition) is 7. The molecule has 5 aliphatic rings. The molecule has 7 nitrogen and oxygen atoms in total. The van der Waals surface area contributed by atoms with Crippen LogP contribution in [0.5, 0.6) is 0 Å². The lowest BCUT2D eigenvalue weighted by Gasteiger charge is -2.65. The highest BCUT2D eigenvalue weighted by atomic mass is 16.6. The second-order valence-electron chi connectivity index (χ2n) is 17.8. The highest BCUT2D eigenvalue weighted by Gasteiger charge is 2.70. The normalized spacial score (nSPS) is 34.0. The largest absolute Gasteiger partial charge is 0.462 e. The number of aliphatic hydroxyl groups is 1. The Hall–Kier alpha value is -1.18. The second-order valence-corrected chi connectivity index (χ2v) is 17.8. The van der Waals surface area contributed by atoms with Gasteiger partial charge < -0.3 is 24.1 Å². The van der Waals surface area contributed by atoms with E-state index in [1.165, 1.54) is 0 Å². The Morgan fingerprint density at radius 2 is 1.21 bits per heavy atom. The number of hydrogen-bond donors (Lipinski definition) is 1. The molecule has 242 valence electrons. The Bertz CT molecular complexity index is 1030. The smallest absolute Gasteiger partial charge is 0.313 e. The molecule has 1 N–H and O–H groups in total. The van der Waals surface area contributed by atoms with E-state index in [-0.39, 0.29) is 36.9 Å². The third-order valence-corrected chi connectivity index (χ3v) is 13.4. The minimum absolute atomic E-state index is 0.00209. The number of esters is 2. The fourth-order valence-electron chi connectivity index (χ4n) is 9.67. The fraction of sp³-hybridized carbons (Fsp3) is 0.943. The van der Waals surface area contributed by atoms with Crippen molar-refractivity contribution in [1.82, 2.24) is 0 Å². The molecule has 4 saturated carbocycles. The van der Waals surface area contributed by atoms with Crippen molar-refractivity contribution in [2.75, 3.05) is 26.4 Å². The van der Waals surface area contributed by atoms with Crippen molar-refractivity contribution in [2.24, 2.45) is 44.3 Å². The van der Waals surface area contributed by atoms with Gasteiger partial charge in [0.2, 0.25) is 0 Å². The number of epoxide rings is 1. The maximum absolute atomic E-state index is 14.9. The molecule has 5 rings (SSSR count). The summed E-state index contributed by atoms with van der Waals surface area (Å²) in [5, 5.41) is 9.52. The van der Waals surface area contributed by atoms with Crippen molar-refractivity contribution < 1.29 is 33.6 Å². The Labute approximate surface area is 255 Å². The van der Waals surface area contributed by atoms with E-state index < -0.39 is 38.1 Å². The van der Waals surface area contributed by atoms with Crippen LogP contribution in [0.15, 0.2) is 0 Å². The molecule has 1 saturated heterocycles. The maximum Gasteiger partial charge on any atom is 0.313 e. The number of aliphatic hydroxyl groups excluding tert-OH is 1. The molecular weight excluding hydrogens is 532 g/mol. The van der Waals surface area contributed by atoms with E-state index in [1.807, 2.05) is 6.92 Å². The van der Waals surface area contributed by atoms with Crippen molar-refractivity contribution in [3.05, 3.63) is 0 Å². The lowest BCUT2D eigenvalue weighted by atomic mass is 9.38. The van der Waals surface area contributed by atoms with Crippen LogP contribution in [0.25, 0.3) is 0 Å². The minimum Gasteiger partial charge on any atom is -0.462 e. The highest BCUT2D eigenvalue weighted by molar-refractivity contribution is 5.81. The van der Waals surface area contributed by atoms with Crippen LogP contribution >= 0.6 is 0 Å². The Balaban J connectivity index is 1.72. The second kappa shape index (κ2) is 10.4. The molecule has 4 aliphatic carbocycles. The van der Waals surface area contributed by atoms with Crippen molar-refractivity contribution in [3.63, 3.8) is 0 Å². The third-order valence-electron chi connectivity index (χ3n) is 13.4. The average Bonchev–Trinajstić information content (AvgIpc) is 3.66. The molecule has 0 aromatic carbocycles. The summed E-state index contributed by atoms with van der Waals surface area (Å²) in [6.07, 6.45) is 5.55. The topological polar surface area (TPSA) is 94.6 Å². The van der Waals surface area contributed by atoms with Gasteiger partial charge in [0.05, 0.1) is 36.3 Å². The molecule has 1 aliphatic heterocycles. The third kappa shape index (κ3) is 5.15. The van der Waals surface area contributed by atoms with Gasteiger partial charge in [-0.1, -0.05) is 69.2 Å². The number of ether oxygens (including phenoxy) is 4. The van der Waals surface area contributed by atoms with Gasteiger partial charge in [-0.3, -0.25) is 9.59 Å². The van der Waals surface area contributed by atoms with Gasteiger partial charge >= 0.3 is 11.9 Å². The molecule has 0 radical (unpaired) electrons. The molecule has 0 spiro atoms. The predicted octanol–water partition coefficient (Wildman–Crippen LogP) is 6.73. The molecule has 5 unspecified atom stereocenters. The van der Waals surface area contributed by atoms with Crippen LogP contribution in [-0.4, -0.2) is 60.8 Å². The van der Waals surface area contributed by atoms with Gasteiger partial charge in [-0.2, -0.15) is 0 Å². The first-order valence-electron chi connectivity index (χ1n) is 16.3. The Morgan fingerprint density at radius 3 is 1.64 bits per heavy atom. The Kier molecular flexibility index (Phi) is 8.38. The van der Waals surface area contributed by atoms with Crippen LogP contribution in [0.2, 0.25) is 0 Å². The number of rotatable bonds is 11. The highest BCUT2D eigenvalue weighted by Crippen LogP contribution is 2.69. The predicted molar refractivity (Wildman–Crippen MR) is 163 cm³/mol. The average molecular weight is 593 g/mol. The first kappa shape index (κ1) is 33.7. The summed E-state index contributed by atoms with van der Waals surface area (Å²) in [6.45, 7) is 26.5. The van der Waals surface area contributed by atoms with Crippen LogP contribution in [-0.2, 0) is 28.5 Å². The van der Waals surface area contributed by atoms with Gasteiger partial charge in [0.1, 0.15) is 18.3 Å². The summed E-state index contributed by atoms with van der Waals surface area (Å²) in [5.74, 6) is 0.496.